The second-order valence-corrected chi connectivity index (χ2v) is 4.01. The molecule has 0 aromatic heterocycles. The minimum Gasteiger partial charge on any atom is -0.496 e. The van der Waals surface area contributed by atoms with Crippen LogP contribution < -0.4 is 16.0 Å². The van der Waals surface area contributed by atoms with Crippen molar-refractivity contribution in [3.63, 3.8) is 0 Å². The monoisotopic (exact) mass is 264 g/mol. The maximum absolute atomic E-state index is 13.8. The first-order valence-corrected chi connectivity index (χ1v) is 5.71. The predicted octanol–water partition coefficient (Wildman–Crippen LogP) is 2.53. The lowest BCUT2D eigenvalue weighted by Crippen LogP contribution is -2.29. The van der Waals surface area contributed by atoms with E-state index < -0.39 is 17.7 Å². The van der Waals surface area contributed by atoms with Crippen LogP contribution in [-0.4, -0.2) is 7.11 Å². The average molecular weight is 264 g/mol. The Morgan fingerprint density at radius 1 is 1.11 bits per heavy atom. The van der Waals surface area contributed by atoms with E-state index in [4.69, 9.17) is 10.6 Å². The molecular weight excluding hydrogens is 250 g/mol. The second kappa shape index (κ2) is 5.77. The van der Waals surface area contributed by atoms with E-state index in [1.165, 1.54) is 19.2 Å². The van der Waals surface area contributed by atoms with Gasteiger partial charge in [0, 0.05) is 17.2 Å². The summed E-state index contributed by atoms with van der Waals surface area (Å²) in [6, 6.07) is 9.89. The van der Waals surface area contributed by atoms with Gasteiger partial charge in [-0.2, -0.15) is 0 Å². The smallest absolute Gasteiger partial charge is 0.131 e. The number of ether oxygens (including phenoxy) is 1. The highest BCUT2D eigenvalue weighted by molar-refractivity contribution is 5.41. The van der Waals surface area contributed by atoms with Crippen LogP contribution in [0.4, 0.5) is 8.78 Å². The molecule has 0 radical (unpaired) electrons. The highest BCUT2D eigenvalue weighted by atomic mass is 19.1. The van der Waals surface area contributed by atoms with Gasteiger partial charge in [-0.15, -0.1) is 0 Å². The number of methoxy groups -OCH3 is 1. The van der Waals surface area contributed by atoms with Gasteiger partial charge in [0.05, 0.1) is 13.2 Å². The van der Waals surface area contributed by atoms with Crippen molar-refractivity contribution in [3.05, 3.63) is 65.2 Å². The molecule has 3 N–H and O–H groups in total. The topological polar surface area (TPSA) is 47.3 Å². The van der Waals surface area contributed by atoms with Crippen LogP contribution in [-0.2, 0) is 0 Å². The van der Waals surface area contributed by atoms with Gasteiger partial charge in [0.2, 0.25) is 0 Å². The van der Waals surface area contributed by atoms with E-state index in [0.717, 1.165) is 6.07 Å². The molecule has 0 saturated heterocycles. The van der Waals surface area contributed by atoms with Gasteiger partial charge in [0.1, 0.15) is 17.4 Å². The molecule has 0 spiro atoms. The van der Waals surface area contributed by atoms with E-state index in [9.17, 15) is 8.78 Å². The molecule has 0 saturated carbocycles. The predicted molar refractivity (Wildman–Crippen MR) is 68.5 cm³/mol. The minimum absolute atomic E-state index is 0.258. The van der Waals surface area contributed by atoms with Crippen molar-refractivity contribution >= 4 is 0 Å². The summed E-state index contributed by atoms with van der Waals surface area (Å²) in [5, 5.41) is 0. The van der Waals surface area contributed by atoms with Crippen LogP contribution in [0.25, 0.3) is 0 Å². The Morgan fingerprint density at radius 3 is 2.47 bits per heavy atom. The van der Waals surface area contributed by atoms with Crippen LogP contribution in [0, 0.1) is 11.6 Å². The Bertz CT molecular complexity index is 575. The fraction of sp³-hybridized carbons (Fsp3) is 0.143. The van der Waals surface area contributed by atoms with Gasteiger partial charge in [-0.25, -0.2) is 14.2 Å². The number of hydrogen-bond donors (Lipinski definition) is 2. The second-order valence-electron chi connectivity index (χ2n) is 4.01. The molecule has 3 nitrogen and oxygen atoms in total. The number of para-hydroxylation sites is 1. The molecule has 2 aromatic carbocycles. The molecule has 1 atom stereocenters. The number of rotatable bonds is 4. The maximum atomic E-state index is 13.8. The summed E-state index contributed by atoms with van der Waals surface area (Å²) in [5.74, 6) is 4.79. The molecule has 2 rings (SSSR count). The summed E-state index contributed by atoms with van der Waals surface area (Å²) >= 11 is 0. The van der Waals surface area contributed by atoms with Crippen LogP contribution in [0.3, 0.4) is 0 Å². The van der Waals surface area contributed by atoms with Gasteiger partial charge in [-0.1, -0.05) is 24.3 Å². The number of nitrogens with two attached hydrogens (primary N) is 1. The van der Waals surface area contributed by atoms with E-state index in [2.05, 4.69) is 5.43 Å². The minimum atomic E-state index is -0.658. The zero-order chi connectivity index (χ0) is 13.8. The lowest BCUT2D eigenvalue weighted by Gasteiger charge is -2.20. The normalized spacial score (nSPS) is 12.2. The highest BCUT2D eigenvalue weighted by Crippen LogP contribution is 2.30. The number of halogens is 2. The molecule has 5 heteroatoms. The van der Waals surface area contributed by atoms with Gasteiger partial charge in [0.25, 0.3) is 0 Å². The van der Waals surface area contributed by atoms with Crippen LogP contribution in [0.2, 0.25) is 0 Å². The first-order valence-electron chi connectivity index (χ1n) is 5.71. The van der Waals surface area contributed by atoms with Crippen LogP contribution >= 0.6 is 0 Å². The Balaban J connectivity index is 2.50. The molecule has 0 fully saturated rings. The average Bonchev–Trinajstić information content (AvgIpc) is 2.42. The van der Waals surface area contributed by atoms with E-state index in [-0.39, 0.29) is 5.56 Å². The van der Waals surface area contributed by atoms with Gasteiger partial charge in [-0.3, -0.25) is 5.84 Å². The van der Waals surface area contributed by atoms with Crippen molar-refractivity contribution in [1.82, 2.24) is 5.43 Å². The highest BCUT2D eigenvalue weighted by Gasteiger charge is 2.20. The molecule has 100 valence electrons. The third-order valence-corrected chi connectivity index (χ3v) is 2.89. The molecule has 0 aliphatic carbocycles. The maximum Gasteiger partial charge on any atom is 0.131 e. The summed E-state index contributed by atoms with van der Waals surface area (Å²) in [6.45, 7) is 0. The molecule has 2 aromatic rings. The van der Waals surface area contributed by atoms with Gasteiger partial charge in [0.15, 0.2) is 0 Å². The van der Waals surface area contributed by atoms with Gasteiger partial charge in [-0.05, 0) is 12.1 Å². The van der Waals surface area contributed by atoms with Crippen LogP contribution in [0.1, 0.15) is 17.2 Å². The van der Waals surface area contributed by atoms with E-state index >= 15 is 0 Å². The van der Waals surface area contributed by atoms with E-state index in [0.29, 0.717) is 11.3 Å². The molecule has 1 unspecified atom stereocenters. The van der Waals surface area contributed by atoms with Gasteiger partial charge >= 0.3 is 0 Å². The largest absolute Gasteiger partial charge is 0.496 e. The molecule has 0 bridgehead atoms. The summed E-state index contributed by atoms with van der Waals surface area (Å²) in [6.07, 6.45) is 0. The van der Waals surface area contributed by atoms with Crippen molar-refractivity contribution in [2.45, 2.75) is 6.04 Å². The van der Waals surface area contributed by atoms with Crippen LogP contribution in [0.5, 0.6) is 5.75 Å². The fourth-order valence-electron chi connectivity index (χ4n) is 1.99. The molecule has 19 heavy (non-hydrogen) atoms. The summed E-state index contributed by atoms with van der Waals surface area (Å²) in [4.78, 5) is 0. The lowest BCUT2D eigenvalue weighted by atomic mass is 9.98. The summed E-state index contributed by atoms with van der Waals surface area (Å²) in [7, 11) is 1.52. The Labute approximate surface area is 110 Å². The number of hydrogen-bond acceptors (Lipinski definition) is 3. The molecule has 0 amide bonds. The van der Waals surface area contributed by atoms with Crippen molar-refractivity contribution in [1.29, 1.82) is 0 Å². The number of nitrogens with one attached hydrogen (secondary N) is 1. The first-order chi connectivity index (χ1) is 9.17. The summed E-state index contributed by atoms with van der Waals surface area (Å²) < 4.78 is 32.0. The first kappa shape index (κ1) is 13.5. The van der Waals surface area contributed by atoms with Crippen LogP contribution in [0.15, 0.2) is 42.5 Å². The SMILES string of the molecule is COc1ccccc1C(NN)c1ccc(F)cc1F. The summed E-state index contributed by atoms with van der Waals surface area (Å²) in [5.41, 5.74) is 3.46. The molecule has 0 heterocycles. The third kappa shape index (κ3) is 2.72. The van der Waals surface area contributed by atoms with E-state index in [1.807, 2.05) is 0 Å². The zero-order valence-electron chi connectivity index (χ0n) is 10.4. The fourth-order valence-corrected chi connectivity index (χ4v) is 1.99. The Morgan fingerprint density at radius 2 is 1.84 bits per heavy atom. The Kier molecular flexibility index (Phi) is 4.09. The quantitative estimate of drug-likeness (QED) is 0.659. The number of benzene rings is 2. The van der Waals surface area contributed by atoms with Crippen molar-refractivity contribution in [2.24, 2.45) is 5.84 Å². The van der Waals surface area contributed by atoms with Crippen molar-refractivity contribution in [2.75, 3.05) is 7.11 Å². The van der Waals surface area contributed by atoms with Gasteiger partial charge < -0.3 is 4.74 Å². The van der Waals surface area contributed by atoms with Crippen molar-refractivity contribution in [3.8, 4) is 5.75 Å². The third-order valence-electron chi connectivity index (χ3n) is 2.89. The molecular formula is C14H14F2N2O. The van der Waals surface area contributed by atoms with E-state index in [1.54, 1.807) is 24.3 Å². The molecule has 0 aliphatic heterocycles. The standard InChI is InChI=1S/C14H14F2N2O/c1-19-13-5-3-2-4-11(13)14(18-17)10-7-6-9(15)8-12(10)16/h2-8,14,18H,17H2,1H3. The molecule has 0 aliphatic rings. The van der Waals surface area contributed by atoms with Crippen molar-refractivity contribution < 1.29 is 13.5 Å². The number of hydrazine groups is 1. The Hall–Kier alpha value is -1.98. The lowest BCUT2D eigenvalue weighted by molar-refractivity contribution is 0.403. The zero-order valence-corrected chi connectivity index (χ0v) is 10.4.